The first kappa shape index (κ1) is 33.7. The third kappa shape index (κ3) is 9.27. The van der Waals surface area contributed by atoms with Crippen LogP contribution in [0.3, 0.4) is 0 Å². The zero-order valence-electron chi connectivity index (χ0n) is 26.0. The molecule has 0 fully saturated rings. The van der Waals surface area contributed by atoms with Crippen molar-refractivity contribution in [2.75, 3.05) is 0 Å². The van der Waals surface area contributed by atoms with Gasteiger partial charge in [-0.1, -0.05) is 0 Å². The van der Waals surface area contributed by atoms with Crippen molar-refractivity contribution < 1.29 is 21.9 Å². The molecule has 3 rings (SSSR count). The minimum atomic E-state index is -2.03. The zero-order valence-corrected chi connectivity index (χ0v) is 29.1. The van der Waals surface area contributed by atoms with Crippen LogP contribution in [0.15, 0.2) is 66.7 Å². The van der Waals surface area contributed by atoms with Crippen LogP contribution < -0.4 is 12.9 Å². The molecule has 2 nitrogen and oxygen atoms in total. The van der Waals surface area contributed by atoms with E-state index >= 15 is 0 Å². The van der Waals surface area contributed by atoms with Gasteiger partial charge in [-0.25, -0.2) is 0 Å². The molecule has 0 amide bonds. The van der Waals surface area contributed by atoms with Crippen molar-refractivity contribution in [3.63, 3.8) is 0 Å². The van der Waals surface area contributed by atoms with Crippen LogP contribution in [0.5, 0.6) is 11.5 Å². The monoisotopic (exact) mass is 607 g/mol. The summed E-state index contributed by atoms with van der Waals surface area (Å²) in [5.41, 5.74) is 5.18. The van der Waals surface area contributed by atoms with E-state index in [1.165, 1.54) is 27.6 Å². The van der Waals surface area contributed by atoms with Crippen LogP contribution in [0.25, 0.3) is 0 Å². The van der Waals surface area contributed by atoms with E-state index in [0.29, 0.717) is 7.23 Å². The van der Waals surface area contributed by atoms with Gasteiger partial charge < -0.3 is 0 Å². The van der Waals surface area contributed by atoms with Crippen LogP contribution in [0, 0.1) is 0 Å². The summed E-state index contributed by atoms with van der Waals surface area (Å²) in [6.07, 6.45) is 0. The van der Waals surface area contributed by atoms with Gasteiger partial charge in [-0.3, -0.25) is 0 Å². The Labute approximate surface area is 251 Å². The molecule has 0 aliphatic carbocycles. The molecule has 5 heteroatoms. The fourth-order valence-electron chi connectivity index (χ4n) is 4.13. The molecule has 0 radical (unpaired) electrons. The van der Waals surface area contributed by atoms with Gasteiger partial charge in [-0.15, -0.1) is 12.4 Å². The first-order chi connectivity index (χ1) is 17.4. The van der Waals surface area contributed by atoms with Crippen molar-refractivity contribution in [1.29, 1.82) is 0 Å². The van der Waals surface area contributed by atoms with E-state index in [2.05, 4.69) is 150 Å². The van der Waals surface area contributed by atoms with Gasteiger partial charge in [-0.05, 0) is 0 Å². The smallest absolute Gasteiger partial charge is 0.147 e. The van der Waals surface area contributed by atoms with Crippen LogP contribution in [0.2, 0.25) is 0 Å². The van der Waals surface area contributed by atoms with Crippen LogP contribution in [0.1, 0.15) is 105 Å². The summed E-state index contributed by atoms with van der Waals surface area (Å²) in [5, 5.41) is 1.27. The molecule has 0 bridgehead atoms. The van der Waals surface area contributed by atoms with Crippen molar-refractivity contribution in [1.82, 2.24) is 0 Å². The van der Waals surface area contributed by atoms with Gasteiger partial charge in [0.1, 0.15) is 0 Å². The van der Waals surface area contributed by atoms with Gasteiger partial charge in [0.25, 0.3) is 0 Å². The summed E-state index contributed by atoms with van der Waals surface area (Å²) in [6, 6.07) is 24.1. The Morgan fingerprint density at radius 2 is 0.897 bits per heavy atom. The Kier molecular flexibility index (Phi) is 10.9. The third-order valence-corrected chi connectivity index (χ3v) is 11.0. The summed E-state index contributed by atoms with van der Waals surface area (Å²) in [4.78, 5) is 0. The second-order valence-electron chi connectivity index (χ2n) is 14.3. The topological polar surface area (TPSA) is 18.5 Å². The maximum atomic E-state index is 6.93. The van der Waals surface area contributed by atoms with Crippen LogP contribution in [-0.4, -0.2) is 0 Å². The Morgan fingerprint density at radius 3 is 1.23 bits per heavy atom. The first-order valence-electron chi connectivity index (χ1n) is 13.6. The van der Waals surface area contributed by atoms with E-state index in [1.807, 2.05) is 0 Å². The Balaban J connectivity index is 0.00000533. The van der Waals surface area contributed by atoms with Gasteiger partial charge >= 0.3 is 240 Å². The minimum absolute atomic E-state index is 0. The Hall–Kier alpha value is -1.49. The maximum Gasteiger partial charge on any atom is -0.147 e. The van der Waals surface area contributed by atoms with Gasteiger partial charge in [0, 0.05) is 0 Å². The second kappa shape index (κ2) is 12.6. The molecule has 215 valence electrons. The fourth-order valence-corrected chi connectivity index (χ4v) is 8.43. The minimum Gasteiger partial charge on any atom is -0.147 e. The molecule has 3 aromatic rings. The van der Waals surface area contributed by atoms with E-state index in [0.717, 1.165) is 11.5 Å². The number of benzene rings is 3. The zero-order chi connectivity index (χ0) is 28.5. The average molecular weight is 608 g/mol. The second-order valence-corrected chi connectivity index (χ2v) is 18.7. The van der Waals surface area contributed by atoms with E-state index < -0.39 is 14.4 Å². The van der Waals surface area contributed by atoms with E-state index in [9.17, 15) is 0 Å². The van der Waals surface area contributed by atoms with Crippen molar-refractivity contribution in [2.45, 2.75) is 105 Å². The predicted octanol–water partition coefficient (Wildman–Crippen LogP) is 10.1. The molecular weight excluding hydrogens is 559 g/mol. The van der Waals surface area contributed by atoms with Gasteiger partial charge in [-0.2, -0.15) is 0 Å². The molecule has 0 N–H and O–H groups in total. The average Bonchev–Trinajstić information content (AvgIpc) is 2.77. The van der Waals surface area contributed by atoms with Crippen molar-refractivity contribution in [3.05, 3.63) is 89.0 Å². The summed E-state index contributed by atoms with van der Waals surface area (Å²) >= 11 is -2.03. The van der Waals surface area contributed by atoms with Crippen molar-refractivity contribution in [3.8, 4) is 11.5 Å². The molecule has 3 aromatic carbocycles. The molecule has 0 saturated heterocycles. The number of hydrogen-bond donors (Lipinski definition) is 0. The van der Waals surface area contributed by atoms with Gasteiger partial charge in [0.2, 0.25) is 0 Å². The fraction of sp³-hybridized carbons (Fsp3) is 0.471. The molecule has 0 saturated carbocycles. The molecule has 1 unspecified atom stereocenters. The molecule has 1 atom stereocenters. The standard InChI is InChI=1S/2C14H22O.C6H6P.ClH.Cr/c2*1-13(2,3)10-7-8-12(15)11(9-10)14(4,5)6;7-6-4-2-1-3-5-6;;/h2*7-9,15H,1-6H3;1-5,7H;1H;/q;;-1;;+3/p-2. The molecular formula is C34H49ClCrO2P. The van der Waals surface area contributed by atoms with Crippen LogP contribution in [0.4, 0.5) is 0 Å². The van der Waals surface area contributed by atoms with E-state index in [-0.39, 0.29) is 34.1 Å². The summed E-state index contributed by atoms with van der Waals surface area (Å²) in [6.45, 7) is 27.2. The largest absolute Gasteiger partial charge is 0.147 e. The first-order valence-corrected chi connectivity index (χ1v) is 17.4. The molecule has 0 aromatic heterocycles. The predicted molar refractivity (Wildman–Crippen MR) is 171 cm³/mol. The number of halogens is 1. The van der Waals surface area contributed by atoms with Gasteiger partial charge in [0.15, 0.2) is 0 Å². The normalized spacial score (nSPS) is 13.1. The van der Waals surface area contributed by atoms with Crippen LogP contribution >= 0.6 is 19.6 Å². The maximum absolute atomic E-state index is 6.93. The molecule has 39 heavy (non-hydrogen) atoms. The molecule has 0 aliphatic heterocycles. The van der Waals surface area contributed by atoms with Crippen molar-refractivity contribution in [2.24, 2.45) is 0 Å². The van der Waals surface area contributed by atoms with Crippen molar-refractivity contribution >= 4 is 24.9 Å². The number of hydrogen-bond acceptors (Lipinski definition) is 2. The Morgan fingerprint density at radius 1 is 0.513 bits per heavy atom. The third-order valence-electron chi connectivity index (χ3n) is 6.61. The molecule has 0 heterocycles. The molecule has 0 aliphatic rings. The number of rotatable bonds is 6. The van der Waals surface area contributed by atoms with E-state index in [4.69, 9.17) is 7.58 Å². The van der Waals surface area contributed by atoms with Crippen LogP contribution in [-0.2, 0) is 36.0 Å². The summed E-state index contributed by atoms with van der Waals surface area (Å²) < 4.78 is 13.9. The van der Waals surface area contributed by atoms with E-state index in [1.54, 1.807) is 0 Å². The quantitative estimate of drug-likeness (QED) is 0.260. The Bertz CT molecular complexity index is 1150. The molecule has 0 spiro atoms. The summed E-state index contributed by atoms with van der Waals surface area (Å²) in [5.74, 6) is 1.89. The SMILES string of the molecule is CC(C)(C)c1ccc([O][Cr]([O]c2ccc(C(C)(C)C)cc2C(C)(C)C)[PH]c2ccccc2)c(C(C)(C)C)c1.Cl. The van der Waals surface area contributed by atoms with Gasteiger partial charge in [0.05, 0.1) is 0 Å². The summed E-state index contributed by atoms with van der Waals surface area (Å²) in [7, 11) is 0.459.